The molecule has 1 aliphatic carbocycles. The van der Waals surface area contributed by atoms with Crippen LogP contribution in [0.15, 0.2) is 24.3 Å². The molecule has 124 valence electrons. The predicted octanol–water partition coefficient (Wildman–Crippen LogP) is 0.305. The third-order valence-corrected chi connectivity index (χ3v) is 3.98. The number of carbonyl (C=O) groups is 3. The molecule has 8 heteroatoms. The summed E-state index contributed by atoms with van der Waals surface area (Å²) in [5.41, 5.74) is 10.8. The molecule has 4 amide bonds. The van der Waals surface area contributed by atoms with Crippen LogP contribution in [0.25, 0.3) is 0 Å². The van der Waals surface area contributed by atoms with Crippen LogP contribution in [-0.2, 0) is 9.59 Å². The van der Waals surface area contributed by atoms with Gasteiger partial charge in [-0.25, -0.2) is 9.18 Å². The molecular weight excluding hydrogens is 303 g/mol. The van der Waals surface area contributed by atoms with E-state index in [0.29, 0.717) is 0 Å². The second kappa shape index (κ2) is 7.08. The van der Waals surface area contributed by atoms with Gasteiger partial charge in [0, 0.05) is 0 Å². The van der Waals surface area contributed by atoms with Gasteiger partial charge in [0.05, 0.1) is 6.04 Å². The molecule has 6 N–H and O–H groups in total. The number of hydrogen-bond acceptors (Lipinski definition) is 3. The maximum Gasteiger partial charge on any atom is 0.316 e. The lowest BCUT2D eigenvalue weighted by Crippen LogP contribution is -2.55. The summed E-state index contributed by atoms with van der Waals surface area (Å²) in [7, 11) is 0. The monoisotopic (exact) mass is 322 g/mol. The van der Waals surface area contributed by atoms with Gasteiger partial charge >= 0.3 is 6.03 Å². The molecule has 7 nitrogen and oxygen atoms in total. The van der Waals surface area contributed by atoms with Crippen LogP contribution >= 0.6 is 0 Å². The molecule has 1 aromatic rings. The predicted molar refractivity (Wildman–Crippen MR) is 80.3 cm³/mol. The first-order valence-corrected chi connectivity index (χ1v) is 7.29. The van der Waals surface area contributed by atoms with E-state index >= 15 is 0 Å². The fourth-order valence-electron chi connectivity index (χ4n) is 2.51. The lowest BCUT2D eigenvalue weighted by Gasteiger charge is -2.34. The number of halogens is 1. The Morgan fingerprint density at radius 3 is 2.04 bits per heavy atom. The van der Waals surface area contributed by atoms with Crippen LogP contribution in [0.1, 0.15) is 30.9 Å². The van der Waals surface area contributed by atoms with Gasteiger partial charge in [0.25, 0.3) is 0 Å². The summed E-state index contributed by atoms with van der Waals surface area (Å²) < 4.78 is 13.1. The second-order valence-electron chi connectivity index (χ2n) is 5.58. The Balaban J connectivity index is 2.08. The molecular formula is C15H19FN4O3. The molecule has 0 unspecified atom stereocenters. The minimum Gasteiger partial charge on any atom is -0.367 e. The minimum absolute atomic E-state index is 0.215. The average Bonchev–Trinajstić information content (AvgIpc) is 2.42. The van der Waals surface area contributed by atoms with E-state index in [2.05, 4.69) is 10.6 Å². The molecule has 2 rings (SSSR count). The number of urea groups is 1. The molecule has 1 aliphatic rings. The lowest BCUT2D eigenvalue weighted by molar-refractivity contribution is -0.128. The third-order valence-electron chi connectivity index (χ3n) is 3.98. The normalized spacial score (nSPS) is 15.6. The van der Waals surface area contributed by atoms with Crippen LogP contribution in [0.3, 0.4) is 0 Å². The van der Waals surface area contributed by atoms with Gasteiger partial charge in [-0.05, 0) is 36.5 Å². The van der Waals surface area contributed by atoms with Crippen molar-refractivity contribution in [2.75, 3.05) is 0 Å². The van der Waals surface area contributed by atoms with E-state index in [4.69, 9.17) is 11.5 Å². The first kappa shape index (κ1) is 16.7. The Morgan fingerprint density at radius 2 is 1.61 bits per heavy atom. The maximum atomic E-state index is 13.1. The molecule has 0 radical (unpaired) electrons. The largest absolute Gasteiger partial charge is 0.367 e. The third kappa shape index (κ3) is 4.18. The molecule has 0 aliphatic heterocycles. The SMILES string of the molecule is NC(=O)C(NC(=O)N[C@@H](c1ccc(F)cc1)C1CCC1)C(N)=O. The molecule has 0 spiro atoms. The zero-order valence-corrected chi connectivity index (χ0v) is 12.4. The molecule has 0 saturated heterocycles. The first-order valence-electron chi connectivity index (χ1n) is 7.29. The topological polar surface area (TPSA) is 127 Å². The Hall–Kier alpha value is -2.64. The molecule has 23 heavy (non-hydrogen) atoms. The molecule has 0 bridgehead atoms. The van der Waals surface area contributed by atoms with Gasteiger partial charge in [0.1, 0.15) is 5.82 Å². The van der Waals surface area contributed by atoms with E-state index in [0.717, 1.165) is 24.8 Å². The van der Waals surface area contributed by atoms with Gasteiger partial charge in [0.2, 0.25) is 11.8 Å². The van der Waals surface area contributed by atoms with Crippen molar-refractivity contribution < 1.29 is 18.8 Å². The number of primary amides is 2. The zero-order chi connectivity index (χ0) is 17.0. The van der Waals surface area contributed by atoms with Crippen LogP contribution in [0.4, 0.5) is 9.18 Å². The van der Waals surface area contributed by atoms with Crippen molar-refractivity contribution in [2.24, 2.45) is 17.4 Å². The Morgan fingerprint density at radius 1 is 1.04 bits per heavy atom. The number of hydrogen-bond donors (Lipinski definition) is 4. The highest BCUT2D eigenvalue weighted by atomic mass is 19.1. The van der Waals surface area contributed by atoms with Gasteiger partial charge in [0.15, 0.2) is 6.04 Å². The minimum atomic E-state index is -1.58. The van der Waals surface area contributed by atoms with Crippen molar-refractivity contribution >= 4 is 17.8 Å². The summed E-state index contributed by atoms with van der Waals surface area (Å²) >= 11 is 0. The molecule has 0 heterocycles. The molecule has 1 fully saturated rings. The lowest BCUT2D eigenvalue weighted by atomic mass is 9.77. The van der Waals surface area contributed by atoms with Crippen molar-refractivity contribution in [1.29, 1.82) is 0 Å². The van der Waals surface area contributed by atoms with Crippen molar-refractivity contribution in [3.63, 3.8) is 0 Å². The second-order valence-corrected chi connectivity index (χ2v) is 5.58. The quantitative estimate of drug-likeness (QED) is 0.563. The van der Waals surface area contributed by atoms with Crippen LogP contribution < -0.4 is 22.1 Å². The average molecular weight is 322 g/mol. The van der Waals surface area contributed by atoms with Gasteiger partial charge < -0.3 is 22.1 Å². The Bertz CT molecular complexity index is 587. The highest BCUT2D eigenvalue weighted by Crippen LogP contribution is 2.37. The number of rotatable bonds is 6. The standard InChI is InChI=1S/C15H19FN4O3/c16-10-6-4-9(5-7-10)11(8-2-1-3-8)19-15(23)20-12(13(17)21)14(18)22/h4-8,11-12H,1-3H2,(H2,17,21)(H2,18,22)(H2,19,20,23)/t11-/m1/s1. The number of carbonyl (C=O) groups excluding carboxylic acids is 3. The number of nitrogens with one attached hydrogen (secondary N) is 2. The first-order chi connectivity index (χ1) is 10.9. The summed E-state index contributed by atoms with van der Waals surface area (Å²) in [5, 5.41) is 4.86. The highest BCUT2D eigenvalue weighted by molar-refractivity contribution is 6.05. The number of nitrogens with two attached hydrogens (primary N) is 2. The summed E-state index contributed by atoms with van der Waals surface area (Å²) in [4.78, 5) is 34.3. The maximum absolute atomic E-state index is 13.1. The van der Waals surface area contributed by atoms with E-state index in [1.807, 2.05) is 0 Å². The van der Waals surface area contributed by atoms with Gasteiger partial charge in [-0.1, -0.05) is 18.6 Å². The van der Waals surface area contributed by atoms with E-state index in [9.17, 15) is 18.8 Å². The van der Waals surface area contributed by atoms with Crippen molar-refractivity contribution in [3.8, 4) is 0 Å². The molecule has 1 saturated carbocycles. The van der Waals surface area contributed by atoms with Gasteiger partial charge in [-0.3, -0.25) is 9.59 Å². The summed E-state index contributed by atoms with van der Waals surface area (Å²) in [6, 6.07) is 3.17. The van der Waals surface area contributed by atoms with Crippen molar-refractivity contribution in [1.82, 2.24) is 10.6 Å². The summed E-state index contributed by atoms with van der Waals surface area (Å²) in [5.74, 6) is -2.22. The van der Waals surface area contributed by atoms with Gasteiger partial charge in [-0.15, -0.1) is 0 Å². The van der Waals surface area contributed by atoms with E-state index in [-0.39, 0.29) is 17.8 Å². The molecule has 0 aromatic heterocycles. The van der Waals surface area contributed by atoms with E-state index in [1.54, 1.807) is 12.1 Å². The smallest absolute Gasteiger partial charge is 0.316 e. The fraction of sp³-hybridized carbons (Fsp3) is 0.400. The highest BCUT2D eigenvalue weighted by Gasteiger charge is 2.31. The van der Waals surface area contributed by atoms with E-state index in [1.165, 1.54) is 12.1 Å². The molecule has 1 aromatic carbocycles. The summed E-state index contributed by atoms with van der Waals surface area (Å²) in [6.45, 7) is 0. The number of benzene rings is 1. The van der Waals surface area contributed by atoms with Gasteiger partial charge in [-0.2, -0.15) is 0 Å². The van der Waals surface area contributed by atoms with Crippen LogP contribution in [-0.4, -0.2) is 23.9 Å². The fourth-order valence-corrected chi connectivity index (χ4v) is 2.51. The van der Waals surface area contributed by atoms with Crippen LogP contribution in [0.2, 0.25) is 0 Å². The zero-order valence-electron chi connectivity index (χ0n) is 12.4. The molecule has 1 atom stereocenters. The van der Waals surface area contributed by atoms with E-state index < -0.39 is 23.9 Å². The van der Waals surface area contributed by atoms with Crippen LogP contribution in [0.5, 0.6) is 0 Å². The van der Waals surface area contributed by atoms with Crippen molar-refractivity contribution in [3.05, 3.63) is 35.6 Å². The summed E-state index contributed by atoms with van der Waals surface area (Å²) in [6.07, 6.45) is 2.91. The van der Waals surface area contributed by atoms with Crippen molar-refractivity contribution in [2.45, 2.75) is 31.3 Å². The Kier molecular flexibility index (Phi) is 5.15. The number of amides is 4. The van der Waals surface area contributed by atoms with Crippen LogP contribution in [0, 0.1) is 11.7 Å². The Labute approximate surface area is 132 Å².